The lowest BCUT2D eigenvalue weighted by Crippen LogP contribution is -2.43. The zero-order chi connectivity index (χ0) is 13.2. The van der Waals surface area contributed by atoms with Crippen LogP contribution >= 0.6 is 11.6 Å². The van der Waals surface area contributed by atoms with Crippen molar-refractivity contribution in [3.05, 3.63) is 28.8 Å². The molecule has 98 valence electrons. The molecule has 1 aromatic rings. The van der Waals surface area contributed by atoms with Crippen LogP contribution in [0.15, 0.2) is 18.2 Å². The van der Waals surface area contributed by atoms with Crippen LogP contribution in [0.3, 0.4) is 0 Å². The van der Waals surface area contributed by atoms with E-state index in [0.29, 0.717) is 16.3 Å². The van der Waals surface area contributed by atoms with E-state index in [1.54, 1.807) is 18.2 Å². The van der Waals surface area contributed by atoms with Gasteiger partial charge in [-0.05, 0) is 38.0 Å². The van der Waals surface area contributed by atoms with Gasteiger partial charge in [0.1, 0.15) is 0 Å². The summed E-state index contributed by atoms with van der Waals surface area (Å²) in [4.78, 5) is 12.3. The van der Waals surface area contributed by atoms with E-state index in [-0.39, 0.29) is 11.4 Å². The summed E-state index contributed by atoms with van der Waals surface area (Å²) in [6, 6.07) is 5.03. The zero-order valence-corrected chi connectivity index (χ0v) is 11.2. The van der Waals surface area contributed by atoms with Gasteiger partial charge < -0.3 is 10.7 Å². The van der Waals surface area contributed by atoms with Gasteiger partial charge in [-0.15, -0.1) is 0 Å². The highest BCUT2D eigenvalue weighted by molar-refractivity contribution is 6.31. The standard InChI is InChI=1S/C13H18ClN3O/c1-13(6-2-3-7-13)16-12(18)10-8-9(14)4-5-11(10)17-15/h4-5,8,17H,2-3,6-7,15H2,1H3,(H,16,18). The summed E-state index contributed by atoms with van der Waals surface area (Å²) in [6.07, 6.45) is 4.36. The molecular weight excluding hydrogens is 250 g/mol. The summed E-state index contributed by atoms with van der Waals surface area (Å²) >= 11 is 5.92. The Morgan fingerprint density at radius 3 is 2.67 bits per heavy atom. The van der Waals surface area contributed by atoms with E-state index in [2.05, 4.69) is 17.7 Å². The van der Waals surface area contributed by atoms with Gasteiger partial charge in [0.25, 0.3) is 5.91 Å². The third-order valence-electron chi connectivity index (χ3n) is 3.50. The number of amides is 1. The molecule has 0 bridgehead atoms. The Balaban J connectivity index is 2.20. The first-order valence-electron chi connectivity index (χ1n) is 6.13. The molecule has 0 heterocycles. The molecule has 4 nitrogen and oxygen atoms in total. The molecule has 1 saturated carbocycles. The zero-order valence-electron chi connectivity index (χ0n) is 10.4. The van der Waals surface area contributed by atoms with Crippen LogP contribution in [0.25, 0.3) is 0 Å². The van der Waals surface area contributed by atoms with Crippen LogP contribution < -0.4 is 16.6 Å². The summed E-state index contributed by atoms with van der Waals surface area (Å²) in [7, 11) is 0. The lowest BCUT2D eigenvalue weighted by molar-refractivity contribution is 0.0909. The summed E-state index contributed by atoms with van der Waals surface area (Å²) in [5.41, 5.74) is 3.48. The smallest absolute Gasteiger partial charge is 0.253 e. The summed E-state index contributed by atoms with van der Waals surface area (Å²) in [6.45, 7) is 2.08. The number of rotatable bonds is 3. The number of halogens is 1. The van der Waals surface area contributed by atoms with Crippen molar-refractivity contribution in [2.45, 2.75) is 38.1 Å². The Morgan fingerprint density at radius 1 is 1.39 bits per heavy atom. The van der Waals surface area contributed by atoms with Crippen molar-refractivity contribution >= 4 is 23.2 Å². The number of nitrogen functional groups attached to an aromatic ring is 1. The number of benzene rings is 1. The number of carbonyl (C=O) groups excluding carboxylic acids is 1. The van der Waals surface area contributed by atoms with Gasteiger partial charge in [-0.25, -0.2) is 0 Å². The molecule has 1 amide bonds. The first-order chi connectivity index (χ1) is 8.54. The Hall–Kier alpha value is -1.26. The maximum absolute atomic E-state index is 12.3. The lowest BCUT2D eigenvalue weighted by atomic mass is 10.00. The first kappa shape index (κ1) is 13.2. The van der Waals surface area contributed by atoms with Gasteiger partial charge in [0, 0.05) is 10.6 Å². The molecule has 5 heteroatoms. The SMILES string of the molecule is CC1(NC(=O)c2cc(Cl)ccc2NN)CCCC1. The highest BCUT2D eigenvalue weighted by Gasteiger charge is 2.30. The van der Waals surface area contributed by atoms with E-state index < -0.39 is 0 Å². The molecule has 1 aromatic carbocycles. The predicted molar refractivity (Wildman–Crippen MR) is 73.6 cm³/mol. The van der Waals surface area contributed by atoms with E-state index in [9.17, 15) is 4.79 Å². The minimum absolute atomic E-state index is 0.106. The predicted octanol–water partition coefficient (Wildman–Crippen LogP) is 2.69. The van der Waals surface area contributed by atoms with Crippen LogP contribution in [0.5, 0.6) is 0 Å². The van der Waals surface area contributed by atoms with Crippen molar-refractivity contribution in [2.24, 2.45) is 5.84 Å². The Bertz CT molecular complexity index is 456. The maximum atomic E-state index is 12.3. The molecule has 2 rings (SSSR count). The van der Waals surface area contributed by atoms with Crippen LogP contribution in [0.1, 0.15) is 43.0 Å². The van der Waals surface area contributed by atoms with Crippen LogP contribution in [-0.4, -0.2) is 11.4 Å². The number of carbonyl (C=O) groups is 1. The molecule has 4 N–H and O–H groups in total. The van der Waals surface area contributed by atoms with Gasteiger partial charge >= 0.3 is 0 Å². The van der Waals surface area contributed by atoms with Crippen molar-refractivity contribution in [1.82, 2.24) is 5.32 Å². The quantitative estimate of drug-likeness (QED) is 0.583. The molecular formula is C13H18ClN3O. The lowest BCUT2D eigenvalue weighted by Gasteiger charge is -2.25. The summed E-state index contributed by atoms with van der Waals surface area (Å²) in [5, 5.41) is 3.60. The van der Waals surface area contributed by atoms with E-state index >= 15 is 0 Å². The van der Waals surface area contributed by atoms with Crippen molar-refractivity contribution in [2.75, 3.05) is 5.43 Å². The third-order valence-corrected chi connectivity index (χ3v) is 3.74. The second-order valence-corrected chi connectivity index (χ2v) is 5.49. The molecule has 0 radical (unpaired) electrons. The van der Waals surface area contributed by atoms with Crippen molar-refractivity contribution in [3.8, 4) is 0 Å². The largest absolute Gasteiger partial charge is 0.347 e. The average molecular weight is 268 g/mol. The molecule has 0 spiro atoms. The fourth-order valence-electron chi connectivity index (χ4n) is 2.45. The third kappa shape index (κ3) is 2.76. The molecule has 1 fully saturated rings. The van der Waals surface area contributed by atoms with Gasteiger partial charge in [-0.2, -0.15) is 0 Å². The van der Waals surface area contributed by atoms with Gasteiger partial charge in [0.2, 0.25) is 0 Å². The minimum atomic E-state index is -0.130. The van der Waals surface area contributed by atoms with Crippen molar-refractivity contribution < 1.29 is 4.79 Å². The van der Waals surface area contributed by atoms with Crippen LogP contribution in [0, 0.1) is 0 Å². The highest BCUT2D eigenvalue weighted by atomic mass is 35.5. The average Bonchev–Trinajstić information content (AvgIpc) is 2.75. The number of hydrazine groups is 1. The Kier molecular flexibility index (Phi) is 3.78. The summed E-state index contributed by atoms with van der Waals surface area (Å²) < 4.78 is 0. The molecule has 0 aromatic heterocycles. The topological polar surface area (TPSA) is 67.2 Å². The fourth-order valence-corrected chi connectivity index (χ4v) is 2.62. The van der Waals surface area contributed by atoms with Gasteiger partial charge in [-0.3, -0.25) is 10.6 Å². The summed E-state index contributed by atoms with van der Waals surface area (Å²) in [5.74, 6) is 5.28. The van der Waals surface area contributed by atoms with Crippen LogP contribution in [0.2, 0.25) is 5.02 Å². The molecule has 0 unspecified atom stereocenters. The van der Waals surface area contributed by atoms with E-state index in [4.69, 9.17) is 17.4 Å². The van der Waals surface area contributed by atoms with Gasteiger partial charge in [0.05, 0.1) is 11.3 Å². The second-order valence-electron chi connectivity index (χ2n) is 5.06. The first-order valence-corrected chi connectivity index (χ1v) is 6.50. The monoisotopic (exact) mass is 267 g/mol. The van der Waals surface area contributed by atoms with Crippen molar-refractivity contribution in [1.29, 1.82) is 0 Å². The number of hydrogen-bond donors (Lipinski definition) is 3. The molecule has 1 aliphatic carbocycles. The van der Waals surface area contributed by atoms with Gasteiger partial charge in [-0.1, -0.05) is 24.4 Å². The molecule has 1 aliphatic rings. The Morgan fingerprint density at radius 2 is 2.06 bits per heavy atom. The van der Waals surface area contributed by atoms with Crippen LogP contribution in [0.4, 0.5) is 5.69 Å². The number of hydrogen-bond acceptors (Lipinski definition) is 3. The maximum Gasteiger partial charge on any atom is 0.253 e. The number of nitrogens with one attached hydrogen (secondary N) is 2. The number of nitrogens with two attached hydrogens (primary N) is 1. The van der Waals surface area contributed by atoms with Crippen molar-refractivity contribution in [3.63, 3.8) is 0 Å². The fraction of sp³-hybridized carbons (Fsp3) is 0.462. The second kappa shape index (κ2) is 5.16. The van der Waals surface area contributed by atoms with E-state index in [0.717, 1.165) is 25.7 Å². The molecule has 18 heavy (non-hydrogen) atoms. The minimum Gasteiger partial charge on any atom is -0.347 e. The van der Waals surface area contributed by atoms with E-state index in [1.807, 2.05) is 0 Å². The number of anilines is 1. The molecule has 0 atom stereocenters. The highest BCUT2D eigenvalue weighted by Crippen LogP contribution is 2.30. The van der Waals surface area contributed by atoms with E-state index in [1.165, 1.54) is 0 Å². The van der Waals surface area contributed by atoms with Crippen LogP contribution in [-0.2, 0) is 0 Å². The Labute approximate surface area is 112 Å². The molecule has 0 aliphatic heterocycles. The normalized spacial score (nSPS) is 17.5. The van der Waals surface area contributed by atoms with Gasteiger partial charge in [0.15, 0.2) is 0 Å². The molecule has 0 saturated heterocycles.